The van der Waals surface area contributed by atoms with Crippen LogP contribution in [0.2, 0.25) is 0 Å². The molecule has 2 N–H and O–H groups in total. The van der Waals surface area contributed by atoms with Gasteiger partial charge in [-0.1, -0.05) is 30.3 Å². The van der Waals surface area contributed by atoms with Crippen molar-refractivity contribution in [2.75, 3.05) is 5.32 Å². The normalized spacial score (nSPS) is 11.9. The van der Waals surface area contributed by atoms with E-state index in [0.29, 0.717) is 11.4 Å². The fourth-order valence-corrected chi connectivity index (χ4v) is 1.95. The van der Waals surface area contributed by atoms with E-state index >= 15 is 0 Å². The van der Waals surface area contributed by atoms with Gasteiger partial charge in [0.25, 0.3) is 0 Å². The van der Waals surface area contributed by atoms with Crippen LogP contribution in [0.1, 0.15) is 17.4 Å². The highest BCUT2D eigenvalue weighted by Gasteiger charge is 2.29. The monoisotopic (exact) mass is 290 g/mol. The molecule has 0 saturated heterocycles. The Bertz CT molecular complexity index is 681. The molecule has 2 rings (SSSR count). The maximum absolute atomic E-state index is 11.4. The van der Waals surface area contributed by atoms with Gasteiger partial charge in [0.15, 0.2) is 6.04 Å². The Morgan fingerprint density at radius 1 is 1.43 bits per heavy atom. The van der Waals surface area contributed by atoms with Gasteiger partial charge < -0.3 is 20.5 Å². The second kappa shape index (κ2) is 5.61. The lowest BCUT2D eigenvalue weighted by Gasteiger charge is -2.15. The number of aromatic nitrogens is 2. The largest absolute Gasteiger partial charge is 0.479 e. The summed E-state index contributed by atoms with van der Waals surface area (Å²) in [7, 11) is 1.58. The van der Waals surface area contributed by atoms with Crippen LogP contribution in [0.25, 0.3) is 0 Å². The SMILES string of the molecule is Cc1nc([N+](=O)[O-])c(NC(C(=O)O)c2ccccc2)n1C. The lowest BCUT2D eigenvalue weighted by atomic mass is 10.1. The highest BCUT2D eigenvalue weighted by molar-refractivity contribution is 5.79. The number of hydrogen-bond donors (Lipinski definition) is 2. The molecule has 1 aromatic heterocycles. The predicted molar refractivity (Wildman–Crippen MR) is 75.0 cm³/mol. The molecule has 1 heterocycles. The van der Waals surface area contributed by atoms with Crippen LogP contribution in [0.4, 0.5) is 11.6 Å². The zero-order chi connectivity index (χ0) is 15.6. The molecule has 0 radical (unpaired) electrons. The number of imidazole rings is 1. The van der Waals surface area contributed by atoms with E-state index in [2.05, 4.69) is 10.3 Å². The first kappa shape index (κ1) is 14.5. The number of aryl methyl sites for hydroxylation is 1. The van der Waals surface area contributed by atoms with E-state index in [1.54, 1.807) is 44.3 Å². The summed E-state index contributed by atoms with van der Waals surface area (Å²) in [5, 5.41) is 23.1. The van der Waals surface area contributed by atoms with Gasteiger partial charge in [-0.2, -0.15) is 0 Å². The van der Waals surface area contributed by atoms with Crippen molar-refractivity contribution in [3.63, 3.8) is 0 Å². The third-order valence-electron chi connectivity index (χ3n) is 3.13. The molecule has 0 spiro atoms. The summed E-state index contributed by atoms with van der Waals surface area (Å²) >= 11 is 0. The second-order valence-corrected chi connectivity index (χ2v) is 4.47. The Labute approximate surface area is 120 Å². The minimum absolute atomic E-state index is 0.0637. The van der Waals surface area contributed by atoms with Crippen LogP contribution in [-0.4, -0.2) is 25.6 Å². The van der Waals surface area contributed by atoms with Gasteiger partial charge in [0, 0.05) is 14.0 Å². The smallest absolute Gasteiger partial charge is 0.406 e. The quantitative estimate of drug-likeness (QED) is 0.642. The highest BCUT2D eigenvalue weighted by Crippen LogP contribution is 2.28. The molecule has 0 aliphatic carbocycles. The lowest BCUT2D eigenvalue weighted by molar-refractivity contribution is -0.388. The molecule has 1 atom stereocenters. The molecule has 0 saturated carbocycles. The summed E-state index contributed by atoms with van der Waals surface area (Å²) in [6.07, 6.45) is 0. The van der Waals surface area contributed by atoms with Crippen LogP contribution in [0.15, 0.2) is 30.3 Å². The zero-order valence-electron chi connectivity index (χ0n) is 11.5. The van der Waals surface area contributed by atoms with E-state index in [9.17, 15) is 20.0 Å². The van der Waals surface area contributed by atoms with Gasteiger partial charge in [-0.05, 0) is 15.5 Å². The molecule has 21 heavy (non-hydrogen) atoms. The standard InChI is InChI=1S/C13H14N4O4/c1-8-14-12(17(20)21)11(16(8)2)15-10(13(18)19)9-6-4-3-5-7-9/h3-7,10,15H,1-2H3,(H,18,19). The summed E-state index contributed by atoms with van der Waals surface area (Å²) in [6, 6.07) is 7.35. The molecule has 0 aliphatic rings. The molecule has 8 heteroatoms. The van der Waals surface area contributed by atoms with Crippen molar-refractivity contribution >= 4 is 17.6 Å². The lowest BCUT2D eigenvalue weighted by Crippen LogP contribution is -2.22. The number of rotatable bonds is 5. The Kier molecular flexibility index (Phi) is 3.88. The van der Waals surface area contributed by atoms with Crippen molar-refractivity contribution in [3.05, 3.63) is 51.8 Å². The summed E-state index contributed by atoms with van der Waals surface area (Å²) in [5.74, 6) is -1.04. The van der Waals surface area contributed by atoms with E-state index in [0.717, 1.165) is 0 Å². The number of carboxylic acid groups (broad SMARTS) is 1. The van der Waals surface area contributed by atoms with Crippen LogP contribution >= 0.6 is 0 Å². The molecule has 0 amide bonds. The minimum Gasteiger partial charge on any atom is -0.479 e. The molecule has 8 nitrogen and oxygen atoms in total. The number of carbonyl (C=O) groups is 1. The summed E-state index contributed by atoms with van der Waals surface area (Å²) in [5.41, 5.74) is 0.498. The van der Waals surface area contributed by atoms with Gasteiger partial charge >= 0.3 is 11.8 Å². The molecular formula is C13H14N4O4. The topological polar surface area (TPSA) is 110 Å². The van der Waals surface area contributed by atoms with Crippen molar-refractivity contribution in [2.45, 2.75) is 13.0 Å². The molecule has 0 aliphatic heterocycles. The van der Waals surface area contributed by atoms with E-state index in [-0.39, 0.29) is 5.82 Å². The third kappa shape index (κ3) is 2.83. The number of anilines is 1. The fourth-order valence-electron chi connectivity index (χ4n) is 1.95. The van der Waals surface area contributed by atoms with Crippen molar-refractivity contribution in [1.29, 1.82) is 0 Å². The fraction of sp³-hybridized carbons (Fsp3) is 0.231. The first-order valence-corrected chi connectivity index (χ1v) is 6.13. The number of nitrogens with one attached hydrogen (secondary N) is 1. The Morgan fingerprint density at radius 3 is 2.57 bits per heavy atom. The van der Waals surface area contributed by atoms with E-state index in [1.165, 1.54) is 4.57 Å². The Morgan fingerprint density at radius 2 is 2.05 bits per heavy atom. The van der Waals surface area contributed by atoms with Crippen LogP contribution < -0.4 is 5.32 Å². The maximum Gasteiger partial charge on any atom is 0.406 e. The van der Waals surface area contributed by atoms with E-state index < -0.39 is 22.8 Å². The molecule has 0 bridgehead atoms. The van der Waals surface area contributed by atoms with E-state index in [1.807, 2.05) is 0 Å². The molecule has 110 valence electrons. The van der Waals surface area contributed by atoms with Crippen molar-refractivity contribution in [1.82, 2.24) is 9.55 Å². The third-order valence-corrected chi connectivity index (χ3v) is 3.13. The number of nitrogens with zero attached hydrogens (tertiary/aromatic N) is 3. The average Bonchev–Trinajstić information content (AvgIpc) is 2.73. The van der Waals surface area contributed by atoms with Gasteiger partial charge in [0.1, 0.15) is 0 Å². The number of aliphatic carboxylic acids is 1. The van der Waals surface area contributed by atoms with Gasteiger partial charge in [0.2, 0.25) is 11.6 Å². The zero-order valence-corrected chi connectivity index (χ0v) is 11.5. The molecular weight excluding hydrogens is 276 g/mol. The van der Waals surface area contributed by atoms with Crippen LogP contribution in [0.5, 0.6) is 0 Å². The highest BCUT2D eigenvalue weighted by atomic mass is 16.6. The second-order valence-electron chi connectivity index (χ2n) is 4.47. The molecule has 2 aromatic rings. The number of carboxylic acids is 1. The van der Waals surface area contributed by atoms with Gasteiger partial charge in [-0.25, -0.2) is 4.79 Å². The first-order chi connectivity index (χ1) is 9.91. The van der Waals surface area contributed by atoms with Gasteiger partial charge in [0.05, 0.1) is 0 Å². The van der Waals surface area contributed by atoms with Crippen LogP contribution in [0.3, 0.4) is 0 Å². The minimum atomic E-state index is -1.13. The predicted octanol–water partition coefficient (Wildman–Crippen LogP) is 1.87. The molecule has 1 unspecified atom stereocenters. The van der Waals surface area contributed by atoms with Gasteiger partial charge in [-0.3, -0.25) is 4.57 Å². The summed E-state index contributed by atoms with van der Waals surface area (Å²) in [6.45, 7) is 1.61. The summed E-state index contributed by atoms with van der Waals surface area (Å²) < 4.78 is 1.46. The van der Waals surface area contributed by atoms with Crippen LogP contribution in [-0.2, 0) is 11.8 Å². The van der Waals surface area contributed by atoms with Crippen molar-refractivity contribution in [3.8, 4) is 0 Å². The maximum atomic E-state index is 11.4. The number of benzene rings is 1. The molecule has 1 aromatic carbocycles. The van der Waals surface area contributed by atoms with Crippen molar-refractivity contribution < 1.29 is 14.8 Å². The summed E-state index contributed by atoms with van der Waals surface area (Å²) in [4.78, 5) is 25.6. The average molecular weight is 290 g/mol. The Hall–Kier alpha value is -2.90. The van der Waals surface area contributed by atoms with Crippen LogP contribution in [0, 0.1) is 17.0 Å². The van der Waals surface area contributed by atoms with Gasteiger partial charge in [-0.15, -0.1) is 0 Å². The molecule has 0 fully saturated rings. The number of nitro groups is 1. The first-order valence-electron chi connectivity index (χ1n) is 6.13. The number of hydrogen-bond acceptors (Lipinski definition) is 5. The van der Waals surface area contributed by atoms with Crippen molar-refractivity contribution in [2.24, 2.45) is 7.05 Å². The van der Waals surface area contributed by atoms with E-state index in [4.69, 9.17) is 0 Å². The Balaban J connectivity index is 2.43.